The number of hydrogen-bond acceptors (Lipinski definition) is 4. The van der Waals surface area contributed by atoms with Crippen molar-refractivity contribution in [1.82, 2.24) is 0 Å². The summed E-state index contributed by atoms with van der Waals surface area (Å²) in [5.74, 6) is 0.285. The number of aliphatic imine (C=N–C) groups is 1. The van der Waals surface area contributed by atoms with E-state index in [1.54, 1.807) is 13.8 Å². The number of phenolic OH excluding ortho intramolecular Hbond substituents is 1. The summed E-state index contributed by atoms with van der Waals surface area (Å²) in [6.07, 6.45) is 1.42. The molecule has 16 heavy (non-hydrogen) atoms. The summed E-state index contributed by atoms with van der Waals surface area (Å²) in [5.41, 5.74) is 1.84. The molecule has 0 aliphatic carbocycles. The minimum Gasteiger partial charge on any atom is -0.504 e. The molecule has 0 atom stereocenters. The highest BCUT2D eigenvalue weighted by atomic mass is 35.5. The van der Waals surface area contributed by atoms with Crippen LogP contribution >= 0.6 is 11.6 Å². The Labute approximate surface area is 98.5 Å². The Bertz CT molecular complexity index is 465. The standard InChI is InChI=1S/C11H12ClNO3/c1-6-8(4-13-5-14)10(15)11(16-3)7(2)9(6)12/h15H,4H2,1-3H3. The van der Waals surface area contributed by atoms with Gasteiger partial charge in [-0.3, -0.25) is 0 Å². The molecule has 0 amide bonds. The van der Waals surface area contributed by atoms with E-state index in [0.717, 1.165) is 0 Å². The molecule has 0 aliphatic heterocycles. The van der Waals surface area contributed by atoms with Crippen molar-refractivity contribution in [3.63, 3.8) is 0 Å². The Kier molecular flexibility index (Phi) is 3.93. The first-order valence-corrected chi connectivity index (χ1v) is 5.00. The molecule has 4 nitrogen and oxygen atoms in total. The second-order valence-corrected chi connectivity index (χ2v) is 3.71. The fraction of sp³-hybridized carbons (Fsp3) is 0.364. The molecule has 1 N–H and O–H groups in total. The maximum absolute atomic E-state index is 10.1. The number of rotatable bonds is 3. The quantitative estimate of drug-likeness (QED) is 0.653. The lowest BCUT2D eigenvalue weighted by Crippen LogP contribution is -1.97. The molecule has 0 spiro atoms. The topological polar surface area (TPSA) is 58.9 Å². The van der Waals surface area contributed by atoms with Crippen molar-refractivity contribution >= 4 is 17.7 Å². The third kappa shape index (κ3) is 2.03. The van der Waals surface area contributed by atoms with E-state index in [1.807, 2.05) is 0 Å². The highest BCUT2D eigenvalue weighted by Gasteiger charge is 2.18. The molecular weight excluding hydrogens is 230 g/mol. The molecule has 0 aromatic heterocycles. The van der Waals surface area contributed by atoms with Crippen LogP contribution in [0.1, 0.15) is 16.7 Å². The van der Waals surface area contributed by atoms with E-state index in [9.17, 15) is 9.90 Å². The summed E-state index contributed by atoms with van der Waals surface area (Å²) in [6.45, 7) is 3.54. The number of nitrogens with zero attached hydrogens (tertiary/aromatic N) is 1. The van der Waals surface area contributed by atoms with Crippen LogP contribution in [0.4, 0.5) is 0 Å². The van der Waals surface area contributed by atoms with Crippen LogP contribution in [0, 0.1) is 13.8 Å². The lowest BCUT2D eigenvalue weighted by Gasteiger charge is -2.15. The van der Waals surface area contributed by atoms with Crippen molar-refractivity contribution in [2.24, 2.45) is 4.99 Å². The predicted molar refractivity (Wildman–Crippen MR) is 61.0 cm³/mol. The van der Waals surface area contributed by atoms with Gasteiger partial charge in [-0.1, -0.05) is 11.6 Å². The highest BCUT2D eigenvalue weighted by molar-refractivity contribution is 6.32. The van der Waals surface area contributed by atoms with Crippen LogP contribution in [0.2, 0.25) is 5.02 Å². The average molecular weight is 242 g/mol. The number of aromatic hydroxyl groups is 1. The molecule has 0 aliphatic rings. The van der Waals surface area contributed by atoms with Crippen LogP contribution in [0.15, 0.2) is 4.99 Å². The van der Waals surface area contributed by atoms with Crippen molar-refractivity contribution in [3.05, 3.63) is 21.7 Å². The Morgan fingerprint density at radius 3 is 2.56 bits per heavy atom. The monoisotopic (exact) mass is 241 g/mol. The van der Waals surface area contributed by atoms with Gasteiger partial charge in [0.15, 0.2) is 11.5 Å². The van der Waals surface area contributed by atoms with Gasteiger partial charge in [-0.15, -0.1) is 0 Å². The molecular formula is C11H12ClNO3. The zero-order valence-corrected chi connectivity index (χ0v) is 10.1. The molecule has 0 unspecified atom stereocenters. The molecule has 0 bridgehead atoms. The van der Waals surface area contributed by atoms with E-state index in [0.29, 0.717) is 27.5 Å². The molecule has 1 rings (SSSR count). The Hall–Kier alpha value is -1.51. The molecule has 1 aromatic carbocycles. The molecule has 0 saturated heterocycles. The largest absolute Gasteiger partial charge is 0.504 e. The SMILES string of the molecule is COc1c(C)c(Cl)c(C)c(CN=C=O)c1O. The Morgan fingerprint density at radius 2 is 2.06 bits per heavy atom. The highest BCUT2D eigenvalue weighted by Crippen LogP contribution is 2.41. The first-order chi connectivity index (χ1) is 7.54. The Morgan fingerprint density at radius 1 is 1.44 bits per heavy atom. The normalized spacial score (nSPS) is 9.75. The maximum Gasteiger partial charge on any atom is 0.235 e. The van der Waals surface area contributed by atoms with Gasteiger partial charge in [-0.25, -0.2) is 9.79 Å². The van der Waals surface area contributed by atoms with Gasteiger partial charge >= 0.3 is 0 Å². The number of phenols is 1. The second kappa shape index (κ2) is 5.01. The average Bonchev–Trinajstić information content (AvgIpc) is 2.27. The van der Waals surface area contributed by atoms with E-state index >= 15 is 0 Å². The molecule has 86 valence electrons. The van der Waals surface area contributed by atoms with Crippen molar-refractivity contribution in [3.8, 4) is 11.5 Å². The smallest absolute Gasteiger partial charge is 0.235 e. The summed E-state index contributed by atoms with van der Waals surface area (Å²) in [4.78, 5) is 13.5. The van der Waals surface area contributed by atoms with E-state index in [2.05, 4.69) is 4.99 Å². The van der Waals surface area contributed by atoms with Gasteiger partial charge in [0, 0.05) is 11.1 Å². The molecule has 0 saturated carbocycles. The molecule has 1 aromatic rings. The Balaban J connectivity index is 3.48. The van der Waals surface area contributed by atoms with Gasteiger partial charge in [-0.2, -0.15) is 0 Å². The fourth-order valence-electron chi connectivity index (χ4n) is 1.56. The number of carbonyl (C=O) groups excluding carboxylic acids is 1. The number of benzene rings is 1. The summed E-state index contributed by atoms with van der Waals surface area (Å²) < 4.78 is 5.06. The van der Waals surface area contributed by atoms with Crippen molar-refractivity contribution in [1.29, 1.82) is 0 Å². The lowest BCUT2D eigenvalue weighted by atomic mass is 10.0. The van der Waals surface area contributed by atoms with Crippen LogP contribution in [-0.2, 0) is 11.3 Å². The summed E-state index contributed by atoms with van der Waals surface area (Å²) in [6, 6.07) is 0. The minimum absolute atomic E-state index is 0.0269. The molecule has 5 heteroatoms. The summed E-state index contributed by atoms with van der Waals surface area (Å²) in [5, 5.41) is 10.4. The summed E-state index contributed by atoms with van der Waals surface area (Å²) in [7, 11) is 1.44. The minimum atomic E-state index is -0.0269. The van der Waals surface area contributed by atoms with Crippen molar-refractivity contribution < 1.29 is 14.6 Å². The number of methoxy groups -OCH3 is 1. The van der Waals surface area contributed by atoms with Gasteiger partial charge < -0.3 is 9.84 Å². The van der Waals surface area contributed by atoms with Gasteiger partial charge in [-0.05, 0) is 19.4 Å². The lowest BCUT2D eigenvalue weighted by molar-refractivity contribution is 0.368. The number of halogens is 1. The third-order valence-corrected chi connectivity index (χ3v) is 3.03. The van der Waals surface area contributed by atoms with Gasteiger partial charge in [0.25, 0.3) is 0 Å². The first-order valence-electron chi connectivity index (χ1n) is 4.62. The van der Waals surface area contributed by atoms with Crippen LogP contribution < -0.4 is 4.74 Å². The van der Waals surface area contributed by atoms with Crippen molar-refractivity contribution in [2.45, 2.75) is 20.4 Å². The van der Waals surface area contributed by atoms with E-state index in [4.69, 9.17) is 16.3 Å². The number of hydrogen-bond donors (Lipinski definition) is 1. The molecule has 0 radical (unpaired) electrons. The fourth-order valence-corrected chi connectivity index (χ4v) is 1.76. The van der Waals surface area contributed by atoms with Crippen LogP contribution in [0.3, 0.4) is 0 Å². The predicted octanol–water partition coefficient (Wildman–Crippen LogP) is 2.51. The first kappa shape index (κ1) is 12.6. The third-order valence-electron chi connectivity index (χ3n) is 2.46. The van der Waals surface area contributed by atoms with Crippen LogP contribution in [-0.4, -0.2) is 18.3 Å². The van der Waals surface area contributed by atoms with Crippen LogP contribution in [0.5, 0.6) is 11.5 Å². The van der Waals surface area contributed by atoms with E-state index < -0.39 is 0 Å². The second-order valence-electron chi connectivity index (χ2n) is 3.33. The molecule has 0 heterocycles. The van der Waals surface area contributed by atoms with Crippen molar-refractivity contribution in [2.75, 3.05) is 7.11 Å². The number of ether oxygens (including phenoxy) is 1. The zero-order valence-electron chi connectivity index (χ0n) is 9.30. The van der Waals surface area contributed by atoms with Gasteiger partial charge in [0.2, 0.25) is 6.08 Å². The van der Waals surface area contributed by atoms with Gasteiger partial charge in [0.1, 0.15) is 0 Å². The van der Waals surface area contributed by atoms with Gasteiger partial charge in [0.05, 0.1) is 18.7 Å². The van der Waals surface area contributed by atoms with Crippen LogP contribution in [0.25, 0.3) is 0 Å². The number of isocyanates is 1. The maximum atomic E-state index is 10.1. The summed E-state index contributed by atoms with van der Waals surface area (Å²) >= 11 is 6.09. The van der Waals surface area contributed by atoms with E-state index in [-0.39, 0.29) is 12.3 Å². The van der Waals surface area contributed by atoms with E-state index in [1.165, 1.54) is 13.2 Å². The zero-order chi connectivity index (χ0) is 12.3. The molecule has 0 fully saturated rings.